The first-order chi connectivity index (χ1) is 18.8. The van der Waals surface area contributed by atoms with Crippen molar-refractivity contribution in [3.8, 4) is 0 Å². The highest BCUT2D eigenvalue weighted by Gasteiger charge is 2.52. The molecule has 2 unspecified atom stereocenters. The lowest BCUT2D eigenvalue weighted by Crippen LogP contribution is -2.73. The van der Waals surface area contributed by atoms with E-state index in [4.69, 9.17) is 17.3 Å². The zero-order valence-electron chi connectivity index (χ0n) is 22.2. The van der Waals surface area contributed by atoms with E-state index in [1.165, 1.54) is 26.6 Å². The molecule has 13 heteroatoms. The topological polar surface area (TPSA) is 151 Å². The van der Waals surface area contributed by atoms with Crippen molar-refractivity contribution in [1.29, 1.82) is 0 Å². The average molecular weight is 573 g/mol. The van der Waals surface area contributed by atoms with Crippen LogP contribution in [0.5, 0.6) is 0 Å². The van der Waals surface area contributed by atoms with Crippen LogP contribution in [0.2, 0.25) is 5.02 Å². The Kier molecular flexibility index (Phi) is 8.01. The van der Waals surface area contributed by atoms with Gasteiger partial charge in [0.2, 0.25) is 11.8 Å². The van der Waals surface area contributed by atoms with Crippen LogP contribution in [0.15, 0.2) is 42.5 Å². The molecule has 4 rings (SSSR count). The lowest BCUT2D eigenvalue weighted by molar-refractivity contribution is -0.148. The summed E-state index contributed by atoms with van der Waals surface area (Å²) in [7, 11) is 0. The predicted molar refractivity (Wildman–Crippen MR) is 145 cm³/mol. The molecule has 0 aliphatic carbocycles. The Labute approximate surface area is 234 Å². The third-order valence-electron chi connectivity index (χ3n) is 6.94. The van der Waals surface area contributed by atoms with Gasteiger partial charge in [0.1, 0.15) is 18.9 Å². The third kappa shape index (κ3) is 5.71. The van der Waals surface area contributed by atoms with Crippen molar-refractivity contribution in [2.75, 3.05) is 13.1 Å². The van der Waals surface area contributed by atoms with E-state index in [0.717, 1.165) is 0 Å². The van der Waals surface area contributed by atoms with Crippen LogP contribution < -0.4 is 11.1 Å². The van der Waals surface area contributed by atoms with E-state index in [-0.39, 0.29) is 35.9 Å². The van der Waals surface area contributed by atoms with Crippen LogP contribution in [-0.4, -0.2) is 73.7 Å². The molecule has 1 fully saturated rings. The van der Waals surface area contributed by atoms with Crippen LogP contribution in [0.1, 0.15) is 36.8 Å². The quantitative estimate of drug-likeness (QED) is 0.377. The van der Waals surface area contributed by atoms with Gasteiger partial charge < -0.3 is 26.0 Å². The first-order valence-electron chi connectivity index (χ1n) is 12.5. The van der Waals surface area contributed by atoms with Gasteiger partial charge in [-0.25, -0.2) is 9.18 Å². The van der Waals surface area contributed by atoms with E-state index in [9.17, 15) is 28.7 Å². The highest BCUT2D eigenvalue weighted by molar-refractivity contribution is 6.30. The Morgan fingerprint density at radius 1 is 1.18 bits per heavy atom. The SMILES string of the molecule is CC(C)(C)C1C(N(CC(=O)NCc2cccc(Cl)c2F)C(=O)Cn2nc(C(N)=O)c3ccccc32)CN1C(=O)O. The summed E-state index contributed by atoms with van der Waals surface area (Å²) in [5, 5.41) is 16.9. The number of carbonyl (C=O) groups excluding carboxylic acids is 3. The molecule has 1 saturated heterocycles. The highest BCUT2D eigenvalue weighted by atomic mass is 35.5. The number of hydrogen-bond donors (Lipinski definition) is 3. The number of hydrogen-bond acceptors (Lipinski definition) is 5. The van der Waals surface area contributed by atoms with Gasteiger partial charge in [-0.1, -0.05) is 62.7 Å². The van der Waals surface area contributed by atoms with Crippen LogP contribution >= 0.6 is 11.6 Å². The number of rotatable bonds is 8. The zero-order chi connectivity index (χ0) is 29.4. The second kappa shape index (κ2) is 11.1. The second-order valence-corrected chi connectivity index (χ2v) is 11.1. The number of primary amides is 1. The fourth-order valence-corrected chi connectivity index (χ4v) is 5.32. The maximum absolute atomic E-state index is 14.3. The number of nitrogens with two attached hydrogens (primary N) is 1. The fourth-order valence-electron chi connectivity index (χ4n) is 5.12. The summed E-state index contributed by atoms with van der Waals surface area (Å²) in [6.07, 6.45) is -1.13. The van der Waals surface area contributed by atoms with E-state index in [1.54, 1.807) is 30.3 Å². The molecule has 212 valence electrons. The number of amides is 4. The minimum atomic E-state index is -1.13. The van der Waals surface area contributed by atoms with Gasteiger partial charge in [-0.15, -0.1) is 0 Å². The number of para-hydroxylation sites is 1. The third-order valence-corrected chi connectivity index (χ3v) is 7.23. The molecule has 1 aromatic heterocycles. The molecule has 2 atom stereocenters. The Hall–Kier alpha value is -4.19. The van der Waals surface area contributed by atoms with Gasteiger partial charge in [0.05, 0.1) is 22.6 Å². The van der Waals surface area contributed by atoms with E-state index >= 15 is 0 Å². The number of nitrogens with zero attached hydrogens (tertiary/aromatic N) is 4. The van der Waals surface area contributed by atoms with E-state index in [0.29, 0.717) is 10.9 Å². The van der Waals surface area contributed by atoms with Crippen molar-refractivity contribution < 1.29 is 28.7 Å². The summed E-state index contributed by atoms with van der Waals surface area (Å²) >= 11 is 5.83. The molecule has 1 aliphatic heterocycles. The molecule has 4 N–H and O–H groups in total. The number of likely N-dealkylation sites (tertiary alicyclic amines) is 1. The number of aromatic nitrogens is 2. The molecule has 0 saturated carbocycles. The van der Waals surface area contributed by atoms with Crippen LogP contribution in [0.3, 0.4) is 0 Å². The molecule has 0 spiro atoms. The molecule has 0 radical (unpaired) electrons. The molecule has 11 nitrogen and oxygen atoms in total. The second-order valence-electron chi connectivity index (χ2n) is 10.7. The molecule has 2 aromatic carbocycles. The molecule has 1 aliphatic rings. The number of halogens is 2. The largest absolute Gasteiger partial charge is 0.465 e. The normalized spacial score (nSPS) is 16.9. The van der Waals surface area contributed by atoms with Crippen molar-refractivity contribution in [2.24, 2.45) is 11.1 Å². The minimum absolute atomic E-state index is 0.00417. The Morgan fingerprint density at radius 2 is 1.88 bits per heavy atom. The highest BCUT2D eigenvalue weighted by Crippen LogP contribution is 2.37. The fraction of sp³-hybridized carbons (Fsp3) is 0.370. The maximum atomic E-state index is 14.3. The Bertz CT molecular complexity index is 1490. The van der Waals surface area contributed by atoms with E-state index < -0.39 is 53.7 Å². The summed E-state index contributed by atoms with van der Waals surface area (Å²) in [5.41, 5.74) is 5.60. The lowest BCUT2D eigenvalue weighted by Gasteiger charge is -2.56. The molecular formula is C27H30ClFN6O5. The Balaban J connectivity index is 1.61. The van der Waals surface area contributed by atoms with E-state index in [2.05, 4.69) is 10.4 Å². The number of carboxylic acid groups (broad SMARTS) is 1. The zero-order valence-corrected chi connectivity index (χ0v) is 23.0. The minimum Gasteiger partial charge on any atom is -0.465 e. The van der Waals surface area contributed by atoms with Crippen molar-refractivity contribution in [3.63, 3.8) is 0 Å². The molecule has 3 aromatic rings. The number of fused-ring (bicyclic) bond motifs is 1. The van der Waals surface area contributed by atoms with Gasteiger partial charge in [-0.2, -0.15) is 5.10 Å². The standard InChI is InChI=1S/C27H30ClFN6O5/c1-27(2,3)24-19(12-34(24)26(39)40)33(13-20(36)31-11-15-7-6-9-17(28)22(15)29)21(37)14-35-18-10-5-4-8-16(18)23(32-35)25(30)38/h4-10,19,24H,11-14H2,1-3H3,(H2,30,38)(H,31,36)(H,39,40). The van der Waals surface area contributed by atoms with Crippen molar-refractivity contribution in [3.05, 3.63) is 64.6 Å². The van der Waals surface area contributed by atoms with Gasteiger partial charge in [-0.3, -0.25) is 19.1 Å². The molecule has 2 heterocycles. The maximum Gasteiger partial charge on any atom is 0.407 e. The van der Waals surface area contributed by atoms with Crippen LogP contribution in [0, 0.1) is 11.2 Å². The number of benzene rings is 2. The summed E-state index contributed by atoms with van der Waals surface area (Å²) in [5.74, 6) is -2.50. The van der Waals surface area contributed by atoms with Crippen molar-refractivity contribution >= 4 is 46.3 Å². The van der Waals surface area contributed by atoms with Crippen molar-refractivity contribution in [1.82, 2.24) is 24.9 Å². The van der Waals surface area contributed by atoms with Gasteiger partial charge in [0, 0.05) is 24.0 Å². The number of carbonyl (C=O) groups is 4. The van der Waals surface area contributed by atoms with Crippen LogP contribution in [0.4, 0.5) is 9.18 Å². The lowest BCUT2D eigenvalue weighted by atomic mass is 9.75. The first-order valence-corrected chi connectivity index (χ1v) is 12.9. The smallest absolute Gasteiger partial charge is 0.407 e. The molecule has 4 amide bonds. The molecule has 40 heavy (non-hydrogen) atoms. The van der Waals surface area contributed by atoms with Crippen LogP contribution in [-0.2, 0) is 22.7 Å². The molecular weight excluding hydrogens is 543 g/mol. The summed E-state index contributed by atoms with van der Waals surface area (Å²) in [4.78, 5) is 53.1. The van der Waals surface area contributed by atoms with Gasteiger partial charge >= 0.3 is 6.09 Å². The average Bonchev–Trinajstić information content (AvgIpc) is 3.21. The Morgan fingerprint density at radius 3 is 2.52 bits per heavy atom. The summed E-state index contributed by atoms with van der Waals surface area (Å²) < 4.78 is 15.7. The predicted octanol–water partition coefficient (Wildman–Crippen LogP) is 2.85. The monoisotopic (exact) mass is 572 g/mol. The summed E-state index contributed by atoms with van der Waals surface area (Å²) in [6.45, 7) is 4.66. The van der Waals surface area contributed by atoms with Crippen molar-refractivity contribution in [2.45, 2.75) is 45.9 Å². The summed E-state index contributed by atoms with van der Waals surface area (Å²) in [6, 6.07) is 10.0. The van der Waals surface area contributed by atoms with Crippen LogP contribution in [0.25, 0.3) is 10.9 Å². The van der Waals surface area contributed by atoms with Gasteiger partial charge in [0.25, 0.3) is 5.91 Å². The molecule has 0 bridgehead atoms. The van der Waals surface area contributed by atoms with Gasteiger partial charge in [0.15, 0.2) is 5.69 Å². The number of nitrogens with one attached hydrogen (secondary N) is 1. The first kappa shape index (κ1) is 28.8. The van der Waals surface area contributed by atoms with E-state index in [1.807, 2.05) is 20.8 Å². The van der Waals surface area contributed by atoms with Gasteiger partial charge in [-0.05, 0) is 17.5 Å².